The Bertz CT molecular complexity index is 1270. The molecule has 0 aliphatic carbocycles. The van der Waals surface area contributed by atoms with Crippen LogP contribution in [-0.2, 0) is 9.59 Å². The average Bonchev–Trinajstić information content (AvgIpc) is 3.06. The average molecular weight is 509 g/mol. The van der Waals surface area contributed by atoms with E-state index in [4.69, 9.17) is 28.6 Å². The van der Waals surface area contributed by atoms with Crippen molar-refractivity contribution in [2.75, 3.05) is 16.8 Å². The van der Waals surface area contributed by atoms with Gasteiger partial charge in [-0.3, -0.25) is 14.5 Å². The Labute approximate surface area is 212 Å². The van der Waals surface area contributed by atoms with Crippen LogP contribution in [0.2, 0.25) is 5.02 Å². The number of amides is 2. The van der Waals surface area contributed by atoms with Crippen molar-refractivity contribution < 1.29 is 14.3 Å². The molecule has 0 saturated carbocycles. The number of anilines is 2. The minimum absolute atomic E-state index is 0.105. The third-order valence-electron chi connectivity index (χ3n) is 4.93. The number of carbonyl (C=O) groups is 2. The Hall–Kier alpha value is -3.13. The van der Waals surface area contributed by atoms with Crippen LogP contribution in [0, 0.1) is 13.8 Å². The van der Waals surface area contributed by atoms with Gasteiger partial charge in [0, 0.05) is 10.7 Å². The monoisotopic (exact) mass is 508 g/mol. The fourth-order valence-corrected chi connectivity index (χ4v) is 4.91. The van der Waals surface area contributed by atoms with Gasteiger partial charge in [-0.05, 0) is 85.1 Å². The zero-order chi connectivity index (χ0) is 24.2. The van der Waals surface area contributed by atoms with Crippen LogP contribution in [0.15, 0.2) is 71.6 Å². The number of hydrogen-bond acceptors (Lipinski definition) is 5. The molecule has 1 saturated heterocycles. The number of nitrogens with one attached hydrogen (secondary N) is 1. The van der Waals surface area contributed by atoms with Crippen molar-refractivity contribution >= 4 is 69.2 Å². The molecule has 3 aromatic rings. The van der Waals surface area contributed by atoms with E-state index in [1.807, 2.05) is 44.2 Å². The standard InChI is InChI=1S/C26H21ClN2O3S2/c1-16-11-17(2)13-20(12-16)28-24(30)15-32-22-9-3-18(4-10-22)14-23-25(31)29(26(33)34-23)21-7-5-19(27)6-8-21/h3-14H,15H2,1-2H3,(H,28,30)/b23-14-. The van der Waals surface area contributed by atoms with E-state index < -0.39 is 0 Å². The molecule has 4 rings (SSSR count). The molecule has 34 heavy (non-hydrogen) atoms. The molecule has 5 nitrogen and oxygen atoms in total. The Kier molecular flexibility index (Phi) is 7.36. The van der Waals surface area contributed by atoms with E-state index in [0.717, 1.165) is 22.4 Å². The van der Waals surface area contributed by atoms with E-state index in [2.05, 4.69) is 5.32 Å². The molecule has 0 atom stereocenters. The van der Waals surface area contributed by atoms with Crippen molar-refractivity contribution in [3.05, 3.63) is 93.3 Å². The summed E-state index contributed by atoms with van der Waals surface area (Å²) >= 11 is 12.6. The summed E-state index contributed by atoms with van der Waals surface area (Å²) in [6.45, 7) is 3.86. The highest BCUT2D eigenvalue weighted by Gasteiger charge is 2.33. The maximum atomic E-state index is 12.9. The number of thiocarbonyl (C=S) groups is 1. The number of nitrogens with zero attached hydrogens (tertiary/aromatic N) is 1. The van der Waals surface area contributed by atoms with Crippen LogP contribution in [-0.4, -0.2) is 22.7 Å². The minimum Gasteiger partial charge on any atom is -0.484 e. The van der Waals surface area contributed by atoms with E-state index in [1.165, 1.54) is 16.7 Å². The first kappa shape index (κ1) is 24.0. The summed E-state index contributed by atoms with van der Waals surface area (Å²) in [5.41, 5.74) is 4.41. The topological polar surface area (TPSA) is 58.6 Å². The van der Waals surface area contributed by atoms with Gasteiger partial charge in [0.05, 0.1) is 10.6 Å². The largest absolute Gasteiger partial charge is 0.484 e. The molecule has 172 valence electrons. The SMILES string of the molecule is Cc1cc(C)cc(NC(=O)COc2ccc(/C=C3\SC(=S)N(c4ccc(Cl)cc4)C3=O)cc2)c1. The molecule has 0 radical (unpaired) electrons. The first-order valence-corrected chi connectivity index (χ1v) is 12.0. The van der Waals surface area contributed by atoms with Crippen molar-refractivity contribution in [2.45, 2.75) is 13.8 Å². The number of benzene rings is 3. The normalized spacial score (nSPS) is 14.6. The van der Waals surface area contributed by atoms with Gasteiger partial charge in [0.1, 0.15) is 5.75 Å². The summed E-state index contributed by atoms with van der Waals surface area (Å²) in [4.78, 5) is 27.1. The Balaban J connectivity index is 1.37. The van der Waals surface area contributed by atoms with Crippen LogP contribution in [0.5, 0.6) is 5.75 Å². The van der Waals surface area contributed by atoms with Crippen molar-refractivity contribution in [3.8, 4) is 5.75 Å². The van der Waals surface area contributed by atoms with Crippen molar-refractivity contribution in [3.63, 3.8) is 0 Å². The second-order valence-electron chi connectivity index (χ2n) is 7.78. The third kappa shape index (κ3) is 5.86. The second-order valence-corrected chi connectivity index (χ2v) is 9.89. The third-order valence-corrected chi connectivity index (χ3v) is 6.49. The van der Waals surface area contributed by atoms with Gasteiger partial charge in [-0.1, -0.05) is 53.8 Å². The van der Waals surface area contributed by atoms with Gasteiger partial charge in [-0.2, -0.15) is 0 Å². The molecule has 1 fully saturated rings. The number of thioether (sulfide) groups is 1. The number of ether oxygens (including phenoxy) is 1. The van der Waals surface area contributed by atoms with Crippen molar-refractivity contribution in [2.24, 2.45) is 0 Å². The lowest BCUT2D eigenvalue weighted by atomic mass is 10.1. The highest BCUT2D eigenvalue weighted by atomic mass is 35.5. The summed E-state index contributed by atoms with van der Waals surface area (Å²) in [5.74, 6) is 0.141. The first-order chi connectivity index (χ1) is 16.3. The van der Waals surface area contributed by atoms with Gasteiger partial charge in [-0.25, -0.2) is 0 Å². The summed E-state index contributed by atoms with van der Waals surface area (Å²) < 4.78 is 6.07. The van der Waals surface area contributed by atoms with Gasteiger partial charge in [0.2, 0.25) is 0 Å². The molecule has 0 bridgehead atoms. The van der Waals surface area contributed by atoms with Gasteiger partial charge < -0.3 is 10.1 Å². The molecule has 8 heteroatoms. The predicted molar refractivity (Wildman–Crippen MR) is 144 cm³/mol. The van der Waals surface area contributed by atoms with E-state index in [1.54, 1.807) is 42.5 Å². The zero-order valence-corrected chi connectivity index (χ0v) is 20.9. The van der Waals surface area contributed by atoms with Crippen LogP contribution < -0.4 is 15.0 Å². The maximum absolute atomic E-state index is 12.9. The Morgan fingerprint density at radius 2 is 1.71 bits per heavy atom. The van der Waals surface area contributed by atoms with Crippen molar-refractivity contribution in [1.29, 1.82) is 0 Å². The minimum atomic E-state index is -0.236. The molecule has 1 heterocycles. The van der Waals surface area contributed by atoms with E-state index in [9.17, 15) is 9.59 Å². The van der Waals surface area contributed by atoms with E-state index >= 15 is 0 Å². The summed E-state index contributed by atoms with van der Waals surface area (Å²) in [6.07, 6.45) is 1.78. The van der Waals surface area contributed by atoms with Gasteiger partial charge in [-0.15, -0.1) is 0 Å². The molecule has 0 aromatic heterocycles. The molecule has 0 unspecified atom stereocenters. The van der Waals surface area contributed by atoms with E-state index in [-0.39, 0.29) is 18.4 Å². The fourth-order valence-electron chi connectivity index (χ4n) is 3.48. The number of aryl methyl sites for hydroxylation is 2. The predicted octanol–water partition coefficient (Wildman–Crippen LogP) is 6.38. The Morgan fingerprint density at radius 3 is 2.35 bits per heavy atom. The summed E-state index contributed by atoms with van der Waals surface area (Å²) in [6, 6.07) is 20.0. The highest BCUT2D eigenvalue weighted by molar-refractivity contribution is 8.27. The van der Waals surface area contributed by atoms with Gasteiger partial charge >= 0.3 is 0 Å². The second kappa shape index (κ2) is 10.4. The maximum Gasteiger partial charge on any atom is 0.270 e. The molecule has 0 spiro atoms. The smallest absolute Gasteiger partial charge is 0.270 e. The number of carbonyl (C=O) groups excluding carboxylic acids is 2. The molecular weight excluding hydrogens is 488 g/mol. The summed E-state index contributed by atoms with van der Waals surface area (Å²) in [5, 5.41) is 3.44. The van der Waals surface area contributed by atoms with E-state index in [0.29, 0.717) is 25.7 Å². The Morgan fingerprint density at radius 1 is 1.06 bits per heavy atom. The molecule has 1 aliphatic rings. The van der Waals surface area contributed by atoms with Crippen LogP contribution in [0.25, 0.3) is 6.08 Å². The number of hydrogen-bond donors (Lipinski definition) is 1. The van der Waals surface area contributed by atoms with Gasteiger partial charge in [0.25, 0.3) is 11.8 Å². The molecular formula is C26H21ClN2O3S2. The highest BCUT2D eigenvalue weighted by Crippen LogP contribution is 2.36. The van der Waals surface area contributed by atoms with Crippen LogP contribution in [0.1, 0.15) is 16.7 Å². The summed E-state index contributed by atoms with van der Waals surface area (Å²) in [7, 11) is 0. The molecule has 1 N–H and O–H groups in total. The quantitative estimate of drug-likeness (QED) is 0.309. The molecule has 1 aliphatic heterocycles. The first-order valence-electron chi connectivity index (χ1n) is 10.4. The molecule has 2 amide bonds. The lowest BCUT2D eigenvalue weighted by molar-refractivity contribution is -0.118. The van der Waals surface area contributed by atoms with Crippen LogP contribution >= 0.6 is 35.6 Å². The van der Waals surface area contributed by atoms with Crippen LogP contribution in [0.4, 0.5) is 11.4 Å². The van der Waals surface area contributed by atoms with Gasteiger partial charge in [0.15, 0.2) is 10.9 Å². The lowest BCUT2D eigenvalue weighted by Gasteiger charge is -2.14. The van der Waals surface area contributed by atoms with Crippen molar-refractivity contribution in [1.82, 2.24) is 0 Å². The molecule has 3 aromatic carbocycles. The number of rotatable bonds is 6. The zero-order valence-electron chi connectivity index (χ0n) is 18.5. The number of halogens is 1. The lowest BCUT2D eigenvalue weighted by Crippen LogP contribution is -2.27. The fraction of sp³-hybridized carbons (Fsp3) is 0.115. The van der Waals surface area contributed by atoms with Crippen LogP contribution in [0.3, 0.4) is 0 Å².